The predicted molar refractivity (Wildman–Crippen MR) is 35.3 cm³/mol. The molecule has 5 heteroatoms. The van der Waals surface area contributed by atoms with Gasteiger partial charge >= 0.3 is 6.18 Å². The Kier molecular flexibility index (Phi) is 2.04. The van der Waals surface area contributed by atoms with Crippen molar-refractivity contribution in [2.24, 2.45) is 0 Å². The molecular weight excluding hydrogens is 169 g/mol. The molecule has 0 aliphatic carbocycles. The van der Waals surface area contributed by atoms with Crippen molar-refractivity contribution in [1.82, 2.24) is 9.97 Å². The maximum atomic E-state index is 12.1. The van der Waals surface area contributed by atoms with Crippen LogP contribution >= 0.6 is 0 Å². The lowest BCUT2D eigenvalue weighted by Gasteiger charge is -2.07. The van der Waals surface area contributed by atoms with Crippen molar-refractivity contribution in [2.45, 2.75) is 20.0 Å². The van der Waals surface area contributed by atoms with E-state index in [4.69, 9.17) is 0 Å². The third kappa shape index (κ3) is 1.72. The molecule has 0 bridgehead atoms. The smallest absolute Gasteiger partial charge is 0.231 e. The molecule has 0 aliphatic rings. The Balaban J connectivity index is 3.23. The average Bonchev–Trinajstić information content (AvgIpc) is 1.92. The van der Waals surface area contributed by atoms with Crippen molar-refractivity contribution in [1.29, 1.82) is 0 Å². The first-order valence-electron chi connectivity index (χ1n) is 3.21. The quantitative estimate of drug-likeness (QED) is 0.601. The van der Waals surface area contributed by atoms with Crippen LogP contribution in [0.15, 0.2) is 0 Å². The Labute approximate surface area is 67.5 Å². The minimum atomic E-state index is -4.41. The zero-order valence-corrected chi connectivity index (χ0v) is 6.53. The van der Waals surface area contributed by atoms with E-state index in [2.05, 4.69) is 16.2 Å². The molecule has 1 radical (unpaired) electrons. The van der Waals surface area contributed by atoms with Crippen molar-refractivity contribution >= 4 is 0 Å². The Morgan fingerprint density at radius 1 is 1.25 bits per heavy atom. The first-order chi connectivity index (χ1) is 5.41. The average molecular weight is 175 g/mol. The highest BCUT2D eigenvalue weighted by molar-refractivity contribution is 5.17. The summed E-state index contributed by atoms with van der Waals surface area (Å²) in [6.45, 7) is 2.67. The van der Waals surface area contributed by atoms with Crippen LogP contribution in [-0.2, 0) is 6.18 Å². The lowest BCUT2D eigenvalue weighted by atomic mass is 10.2. The number of halogens is 3. The second-order valence-corrected chi connectivity index (χ2v) is 2.35. The number of alkyl halides is 3. The molecule has 0 spiro atoms. The largest absolute Gasteiger partial charge is 0.433 e. The van der Waals surface area contributed by atoms with Gasteiger partial charge < -0.3 is 0 Å². The van der Waals surface area contributed by atoms with Crippen LogP contribution in [-0.4, -0.2) is 9.97 Å². The van der Waals surface area contributed by atoms with Crippen molar-refractivity contribution in [3.63, 3.8) is 0 Å². The van der Waals surface area contributed by atoms with Crippen LogP contribution in [0.3, 0.4) is 0 Å². The van der Waals surface area contributed by atoms with Crippen LogP contribution in [0.25, 0.3) is 0 Å². The van der Waals surface area contributed by atoms with E-state index >= 15 is 0 Å². The summed E-state index contributed by atoms with van der Waals surface area (Å²) < 4.78 is 36.4. The Bertz CT molecular complexity index is 293. The summed E-state index contributed by atoms with van der Waals surface area (Å²) in [4.78, 5) is 6.79. The Hall–Kier alpha value is -1.13. The fraction of sp³-hybridized carbons (Fsp3) is 0.429. The number of hydrogen-bond donors (Lipinski definition) is 0. The monoisotopic (exact) mass is 175 g/mol. The highest BCUT2D eigenvalue weighted by Crippen LogP contribution is 2.29. The highest BCUT2D eigenvalue weighted by Gasteiger charge is 2.34. The molecule has 0 aliphatic heterocycles. The van der Waals surface area contributed by atoms with E-state index in [-0.39, 0.29) is 11.4 Å². The van der Waals surface area contributed by atoms with Crippen LogP contribution in [0, 0.1) is 20.0 Å². The molecule has 0 saturated heterocycles. The molecule has 0 N–H and O–H groups in total. The summed E-state index contributed by atoms with van der Waals surface area (Å²) in [5, 5.41) is 0. The molecule has 1 aromatic rings. The topological polar surface area (TPSA) is 25.8 Å². The molecular formula is C7H6F3N2. The second kappa shape index (κ2) is 2.73. The summed E-state index contributed by atoms with van der Waals surface area (Å²) >= 11 is 0. The molecule has 1 aromatic heterocycles. The maximum absolute atomic E-state index is 12.1. The van der Waals surface area contributed by atoms with Crippen LogP contribution in [0.4, 0.5) is 13.2 Å². The summed E-state index contributed by atoms with van der Waals surface area (Å²) in [5.41, 5.74) is -0.983. The van der Waals surface area contributed by atoms with Gasteiger partial charge in [-0.2, -0.15) is 13.2 Å². The van der Waals surface area contributed by atoms with Crippen LogP contribution in [0.2, 0.25) is 0 Å². The third-order valence-corrected chi connectivity index (χ3v) is 1.28. The van der Waals surface area contributed by atoms with Crippen LogP contribution in [0.5, 0.6) is 0 Å². The first kappa shape index (κ1) is 8.96. The van der Waals surface area contributed by atoms with Gasteiger partial charge in [-0.05, 0) is 13.8 Å². The van der Waals surface area contributed by atoms with Gasteiger partial charge in [-0.3, -0.25) is 0 Å². The van der Waals surface area contributed by atoms with Gasteiger partial charge in [0.15, 0.2) is 5.69 Å². The molecule has 12 heavy (non-hydrogen) atoms. The molecule has 0 unspecified atom stereocenters. The normalized spacial score (nSPS) is 11.8. The van der Waals surface area contributed by atoms with Crippen molar-refractivity contribution < 1.29 is 13.2 Å². The van der Waals surface area contributed by atoms with Gasteiger partial charge in [0.1, 0.15) is 5.82 Å². The van der Waals surface area contributed by atoms with Gasteiger partial charge in [0.2, 0.25) is 0 Å². The molecule has 65 valence electrons. The fourth-order valence-electron chi connectivity index (χ4n) is 0.764. The molecule has 0 amide bonds. The molecule has 0 atom stereocenters. The summed E-state index contributed by atoms with van der Waals surface area (Å²) in [5.74, 6) is 0.0768. The summed E-state index contributed by atoms with van der Waals surface area (Å²) in [7, 11) is 0. The van der Waals surface area contributed by atoms with Crippen molar-refractivity contribution in [3.8, 4) is 0 Å². The number of hydrogen-bond acceptors (Lipinski definition) is 2. The molecule has 0 saturated carbocycles. The van der Waals surface area contributed by atoms with Gasteiger partial charge in [0.05, 0.1) is 6.20 Å². The first-order valence-corrected chi connectivity index (χ1v) is 3.21. The van der Waals surface area contributed by atoms with E-state index in [1.165, 1.54) is 13.8 Å². The van der Waals surface area contributed by atoms with Gasteiger partial charge in [0, 0.05) is 5.56 Å². The van der Waals surface area contributed by atoms with Crippen LogP contribution < -0.4 is 0 Å². The van der Waals surface area contributed by atoms with E-state index in [1.54, 1.807) is 0 Å². The molecule has 0 aromatic carbocycles. The van der Waals surface area contributed by atoms with Crippen molar-refractivity contribution in [2.75, 3.05) is 0 Å². The standard InChI is InChI=1S/C7H6F3N2/c1-4-3-11-5(2)12-6(4)7(8,9)10/h1-2H3. The minimum absolute atomic E-state index is 0.0758. The zero-order chi connectivity index (χ0) is 9.35. The van der Waals surface area contributed by atoms with E-state index in [0.717, 1.165) is 0 Å². The second-order valence-electron chi connectivity index (χ2n) is 2.35. The number of nitrogens with zero attached hydrogens (tertiary/aromatic N) is 2. The lowest BCUT2D eigenvalue weighted by molar-refractivity contribution is -0.141. The van der Waals surface area contributed by atoms with Crippen molar-refractivity contribution in [3.05, 3.63) is 23.3 Å². The Morgan fingerprint density at radius 2 is 1.83 bits per heavy atom. The summed E-state index contributed by atoms with van der Waals surface area (Å²) in [6, 6.07) is 0. The van der Waals surface area contributed by atoms with Gasteiger partial charge in [-0.15, -0.1) is 0 Å². The number of aryl methyl sites for hydroxylation is 2. The molecule has 1 rings (SSSR count). The minimum Gasteiger partial charge on any atom is -0.231 e. The Morgan fingerprint density at radius 3 is 2.25 bits per heavy atom. The highest BCUT2D eigenvalue weighted by atomic mass is 19.4. The van der Waals surface area contributed by atoms with Gasteiger partial charge in [-0.25, -0.2) is 9.97 Å². The maximum Gasteiger partial charge on any atom is 0.433 e. The molecule has 1 heterocycles. The fourth-order valence-corrected chi connectivity index (χ4v) is 0.764. The van der Waals surface area contributed by atoms with E-state index in [1.807, 2.05) is 0 Å². The molecule has 0 fully saturated rings. The van der Waals surface area contributed by atoms with E-state index in [0.29, 0.717) is 0 Å². The van der Waals surface area contributed by atoms with Gasteiger partial charge in [-0.1, -0.05) is 0 Å². The van der Waals surface area contributed by atoms with E-state index < -0.39 is 11.9 Å². The summed E-state index contributed by atoms with van der Waals surface area (Å²) in [6.07, 6.45) is -2.17. The SMILES string of the molecule is Cc1n[c]c(C)c(C(F)(F)F)n1. The lowest BCUT2D eigenvalue weighted by Crippen LogP contribution is -2.12. The zero-order valence-electron chi connectivity index (χ0n) is 6.53. The number of rotatable bonds is 0. The van der Waals surface area contributed by atoms with Gasteiger partial charge in [0.25, 0.3) is 0 Å². The predicted octanol–water partition coefficient (Wildman–Crippen LogP) is 1.91. The number of aromatic nitrogens is 2. The van der Waals surface area contributed by atoms with Crippen LogP contribution in [0.1, 0.15) is 17.1 Å². The third-order valence-electron chi connectivity index (χ3n) is 1.28. The molecule has 2 nitrogen and oxygen atoms in total. The van der Waals surface area contributed by atoms with E-state index in [9.17, 15) is 13.2 Å².